The molecule has 0 radical (unpaired) electrons. The van der Waals surface area contributed by atoms with E-state index in [1.54, 1.807) is 0 Å². The van der Waals surface area contributed by atoms with Gasteiger partial charge in [-0.15, -0.1) is 11.6 Å². The number of hydrogen-bond acceptors (Lipinski definition) is 5. The molecule has 0 aromatic carbocycles. The van der Waals surface area contributed by atoms with Crippen molar-refractivity contribution in [2.24, 2.45) is 0 Å². The Labute approximate surface area is 74.2 Å². The molecule has 0 heterocycles. The second-order valence-corrected chi connectivity index (χ2v) is 2.82. The van der Waals surface area contributed by atoms with Gasteiger partial charge < -0.3 is 25.2 Å². The lowest BCUT2D eigenvalue weighted by molar-refractivity contribution is -0.114. The molecular weight excluding hydrogens is 188 g/mol. The highest BCUT2D eigenvalue weighted by Crippen LogP contribution is 2.07. The van der Waals surface area contributed by atoms with Crippen LogP contribution in [0.5, 0.6) is 0 Å². The normalized spacial score (nSPS) is 21.1. The van der Waals surface area contributed by atoms with E-state index >= 15 is 0 Å². The number of aliphatic hydroxyl groups excluding tert-OH is 4. The van der Waals surface area contributed by atoms with Crippen molar-refractivity contribution in [3.63, 3.8) is 0 Å². The van der Waals surface area contributed by atoms with Crippen LogP contribution in [0.25, 0.3) is 0 Å². The highest BCUT2D eigenvalue weighted by molar-refractivity contribution is 6.28. The van der Waals surface area contributed by atoms with E-state index < -0.39 is 30.3 Å². The lowest BCUT2D eigenvalue weighted by atomic mass is 10.1. The van der Waals surface area contributed by atoms with Crippen LogP contribution < -0.4 is 0 Å². The summed E-state index contributed by atoms with van der Waals surface area (Å²) >= 11 is 5.24. The summed E-state index contributed by atoms with van der Waals surface area (Å²) < 4.78 is 0. The zero-order chi connectivity index (χ0) is 9.72. The van der Waals surface area contributed by atoms with Crippen molar-refractivity contribution in [2.75, 3.05) is 6.61 Å². The van der Waals surface area contributed by atoms with Crippen molar-refractivity contribution >= 4 is 17.9 Å². The van der Waals surface area contributed by atoms with Crippen LogP contribution in [0, 0.1) is 0 Å². The smallest absolute Gasteiger partial charge is 0.140 e. The zero-order valence-electron chi connectivity index (χ0n) is 6.17. The summed E-state index contributed by atoms with van der Waals surface area (Å²) in [4.78, 5) is 10.0. The summed E-state index contributed by atoms with van der Waals surface area (Å²) in [6.45, 7) is -0.708. The van der Waals surface area contributed by atoms with E-state index in [1.165, 1.54) is 0 Å². The molecule has 0 aliphatic heterocycles. The average Bonchev–Trinajstić information content (AvgIpc) is 2.12. The van der Waals surface area contributed by atoms with E-state index in [9.17, 15) is 4.79 Å². The number of carbonyl (C=O) groups excluding carboxylic acids is 1. The molecule has 0 amide bonds. The second-order valence-electron chi connectivity index (χ2n) is 2.31. The molecule has 0 aliphatic rings. The molecule has 0 rings (SSSR count). The number of aldehydes is 1. The third-order valence-electron chi connectivity index (χ3n) is 1.39. The fourth-order valence-electron chi connectivity index (χ4n) is 0.604. The van der Waals surface area contributed by atoms with Crippen LogP contribution in [-0.4, -0.2) is 57.0 Å². The highest BCUT2D eigenvalue weighted by Gasteiger charge is 2.29. The van der Waals surface area contributed by atoms with Crippen molar-refractivity contribution in [3.05, 3.63) is 0 Å². The number of carbonyl (C=O) groups is 1. The van der Waals surface area contributed by atoms with Gasteiger partial charge in [-0.05, 0) is 0 Å². The van der Waals surface area contributed by atoms with E-state index in [0.29, 0.717) is 0 Å². The Morgan fingerprint density at radius 2 is 1.75 bits per heavy atom. The second kappa shape index (κ2) is 5.45. The van der Waals surface area contributed by atoms with Crippen LogP contribution in [0.15, 0.2) is 0 Å². The molecule has 0 saturated carbocycles. The maximum atomic E-state index is 10.0. The summed E-state index contributed by atoms with van der Waals surface area (Å²) in [5, 5.41) is 33.9. The molecule has 0 aromatic heterocycles. The molecule has 0 saturated heterocycles. The van der Waals surface area contributed by atoms with Crippen LogP contribution in [0.4, 0.5) is 0 Å². The molecule has 0 fully saturated rings. The standard InChI is InChI=1S/C6H11ClO5/c7-3(1-8)5(11)6(12)4(10)2-9/h1,3-6,9-12H,2H2/t3-,4+,5+,6+/m0/s1. The van der Waals surface area contributed by atoms with Gasteiger partial charge in [-0.25, -0.2) is 0 Å². The van der Waals surface area contributed by atoms with Gasteiger partial charge in [0.05, 0.1) is 6.61 Å². The van der Waals surface area contributed by atoms with E-state index in [0.717, 1.165) is 0 Å². The summed E-state index contributed by atoms with van der Waals surface area (Å²) in [5.74, 6) is 0. The van der Waals surface area contributed by atoms with Crippen molar-refractivity contribution in [3.8, 4) is 0 Å². The van der Waals surface area contributed by atoms with Crippen LogP contribution in [0.1, 0.15) is 0 Å². The monoisotopic (exact) mass is 198 g/mol. The van der Waals surface area contributed by atoms with Gasteiger partial charge in [0.25, 0.3) is 0 Å². The molecular formula is C6H11ClO5. The number of halogens is 1. The highest BCUT2D eigenvalue weighted by atomic mass is 35.5. The summed E-state index contributed by atoms with van der Waals surface area (Å²) in [6, 6.07) is 0. The lowest BCUT2D eigenvalue weighted by Crippen LogP contribution is -2.44. The topological polar surface area (TPSA) is 98.0 Å². The molecule has 5 nitrogen and oxygen atoms in total. The SMILES string of the molecule is O=C[C@H](Cl)[C@@H](O)[C@H](O)[C@H](O)CO. The van der Waals surface area contributed by atoms with Crippen LogP contribution >= 0.6 is 11.6 Å². The Hall–Kier alpha value is -0.200. The number of alkyl halides is 1. The van der Waals surface area contributed by atoms with Crippen LogP contribution in [0.2, 0.25) is 0 Å². The van der Waals surface area contributed by atoms with Crippen molar-refractivity contribution in [1.29, 1.82) is 0 Å². The van der Waals surface area contributed by atoms with Crippen LogP contribution in [-0.2, 0) is 4.79 Å². The molecule has 6 heteroatoms. The maximum Gasteiger partial charge on any atom is 0.140 e. The predicted octanol–water partition coefficient (Wildman–Crippen LogP) is -2.13. The molecule has 12 heavy (non-hydrogen) atoms. The summed E-state index contributed by atoms with van der Waals surface area (Å²) in [5.41, 5.74) is 0. The van der Waals surface area contributed by atoms with E-state index in [4.69, 9.17) is 32.0 Å². The van der Waals surface area contributed by atoms with Gasteiger partial charge in [0.2, 0.25) is 0 Å². The first-order valence-corrected chi connectivity index (χ1v) is 3.72. The Morgan fingerprint density at radius 1 is 1.25 bits per heavy atom. The largest absolute Gasteiger partial charge is 0.394 e. The molecule has 72 valence electrons. The fourth-order valence-corrected chi connectivity index (χ4v) is 0.754. The summed E-state index contributed by atoms with van der Waals surface area (Å²) in [7, 11) is 0. The zero-order valence-corrected chi connectivity index (χ0v) is 6.92. The van der Waals surface area contributed by atoms with E-state index in [1.807, 2.05) is 0 Å². The molecule has 0 unspecified atom stereocenters. The fraction of sp³-hybridized carbons (Fsp3) is 0.833. The molecule has 4 atom stereocenters. The third-order valence-corrected chi connectivity index (χ3v) is 1.75. The van der Waals surface area contributed by atoms with Crippen molar-refractivity contribution in [1.82, 2.24) is 0 Å². The minimum Gasteiger partial charge on any atom is -0.394 e. The van der Waals surface area contributed by atoms with E-state index in [-0.39, 0.29) is 6.29 Å². The first-order valence-electron chi connectivity index (χ1n) is 3.29. The third kappa shape index (κ3) is 3.04. The molecule has 4 N–H and O–H groups in total. The predicted molar refractivity (Wildman–Crippen MR) is 40.8 cm³/mol. The first kappa shape index (κ1) is 11.8. The van der Waals surface area contributed by atoms with Gasteiger partial charge in [0, 0.05) is 0 Å². The quantitative estimate of drug-likeness (QED) is 0.299. The average molecular weight is 199 g/mol. The van der Waals surface area contributed by atoms with Gasteiger partial charge in [-0.1, -0.05) is 0 Å². The summed E-state index contributed by atoms with van der Waals surface area (Å²) in [6.07, 6.45) is -4.46. The van der Waals surface area contributed by atoms with Gasteiger partial charge >= 0.3 is 0 Å². The Morgan fingerprint density at radius 3 is 2.08 bits per heavy atom. The first-order chi connectivity index (χ1) is 5.54. The molecule has 0 aromatic rings. The number of hydrogen-bond donors (Lipinski definition) is 4. The number of rotatable bonds is 5. The van der Waals surface area contributed by atoms with E-state index in [2.05, 4.69) is 0 Å². The van der Waals surface area contributed by atoms with Gasteiger partial charge in [0.1, 0.15) is 30.0 Å². The molecule has 0 spiro atoms. The minimum atomic E-state index is -1.62. The van der Waals surface area contributed by atoms with Crippen LogP contribution in [0.3, 0.4) is 0 Å². The number of aliphatic hydroxyl groups is 4. The maximum absolute atomic E-state index is 10.0. The Balaban J connectivity index is 4.07. The van der Waals surface area contributed by atoms with Gasteiger partial charge in [0.15, 0.2) is 0 Å². The molecule has 0 bridgehead atoms. The van der Waals surface area contributed by atoms with Gasteiger partial charge in [-0.2, -0.15) is 0 Å². The Bertz CT molecular complexity index is 142. The molecule has 0 aliphatic carbocycles. The van der Waals surface area contributed by atoms with Gasteiger partial charge in [-0.3, -0.25) is 0 Å². The van der Waals surface area contributed by atoms with Crippen molar-refractivity contribution in [2.45, 2.75) is 23.7 Å². The Kier molecular flexibility index (Phi) is 5.36. The lowest BCUT2D eigenvalue weighted by Gasteiger charge is -2.22. The minimum absolute atomic E-state index is 0.236. The van der Waals surface area contributed by atoms with Crippen molar-refractivity contribution < 1.29 is 25.2 Å².